The normalized spacial score (nSPS) is 11.9. The Kier molecular flexibility index (Phi) is 7.37. The Morgan fingerprint density at radius 3 is 2.29 bits per heavy atom. The van der Waals surface area contributed by atoms with Crippen molar-refractivity contribution in [3.05, 3.63) is 89.2 Å². The van der Waals surface area contributed by atoms with Crippen LogP contribution in [0.4, 0.5) is 4.79 Å². The number of aliphatic hydroxyl groups excluding tert-OH is 1. The van der Waals surface area contributed by atoms with Crippen LogP contribution in [0.2, 0.25) is 0 Å². The quantitative estimate of drug-likeness (QED) is 0.434. The molecule has 9 nitrogen and oxygen atoms in total. The molecule has 35 heavy (non-hydrogen) atoms. The lowest BCUT2D eigenvalue weighted by Crippen LogP contribution is -2.37. The number of alkyl carbamates (subject to hydrolysis) is 1. The SMILES string of the molecule is O=C(O)CN(CCO)C(=O)c1ccnc(CNC(=O)OCC2c3ccccc3-c3ccccc32)c1. The average molecular weight is 476 g/mol. The number of pyridine rings is 1. The minimum absolute atomic E-state index is 0.0245. The van der Waals surface area contributed by atoms with Crippen LogP contribution in [0.3, 0.4) is 0 Å². The van der Waals surface area contributed by atoms with E-state index in [0.29, 0.717) is 5.69 Å². The van der Waals surface area contributed by atoms with E-state index in [2.05, 4.69) is 22.4 Å². The van der Waals surface area contributed by atoms with Crippen molar-refractivity contribution in [2.45, 2.75) is 12.5 Å². The summed E-state index contributed by atoms with van der Waals surface area (Å²) in [6, 6.07) is 19.0. The number of carbonyl (C=O) groups excluding carboxylic acids is 2. The summed E-state index contributed by atoms with van der Waals surface area (Å²) >= 11 is 0. The molecule has 0 fully saturated rings. The smallest absolute Gasteiger partial charge is 0.407 e. The molecule has 0 radical (unpaired) electrons. The molecule has 0 spiro atoms. The standard InChI is InChI=1S/C26H25N3O6/c30-12-11-29(15-24(31)32)25(33)17-9-10-27-18(13-17)14-28-26(34)35-16-23-21-7-3-1-5-19(21)20-6-2-4-8-22(20)23/h1-10,13,23,30H,11-12,14-16H2,(H,28,34)(H,31,32). The van der Waals surface area contributed by atoms with Crippen LogP contribution in [-0.2, 0) is 16.1 Å². The van der Waals surface area contributed by atoms with E-state index in [0.717, 1.165) is 27.2 Å². The van der Waals surface area contributed by atoms with E-state index in [1.165, 1.54) is 18.3 Å². The summed E-state index contributed by atoms with van der Waals surface area (Å²) in [5, 5.41) is 20.8. The molecular weight excluding hydrogens is 450 g/mol. The van der Waals surface area contributed by atoms with E-state index in [1.807, 2.05) is 36.4 Å². The summed E-state index contributed by atoms with van der Waals surface area (Å²) in [5.74, 6) is -1.79. The molecule has 2 aromatic carbocycles. The topological polar surface area (TPSA) is 129 Å². The van der Waals surface area contributed by atoms with Gasteiger partial charge in [0.15, 0.2) is 0 Å². The van der Waals surface area contributed by atoms with Gasteiger partial charge in [-0.25, -0.2) is 4.79 Å². The number of aromatic nitrogens is 1. The number of aliphatic hydroxyl groups is 1. The van der Waals surface area contributed by atoms with Crippen molar-refractivity contribution in [1.29, 1.82) is 0 Å². The fourth-order valence-corrected chi connectivity index (χ4v) is 4.24. The van der Waals surface area contributed by atoms with Crippen LogP contribution in [0.15, 0.2) is 66.9 Å². The number of hydrogen-bond donors (Lipinski definition) is 3. The monoisotopic (exact) mass is 475 g/mol. The first-order valence-corrected chi connectivity index (χ1v) is 11.1. The molecule has 3 aromatic rings. The first kappa shape index (κ1) is 23.9. The summed E-state index contributed by atoms with van der Waals surface area (Å²) in [7, 11) is 0. The number of rotatable bonds is 9. The molecular formula is C26H25N3O6. The first-order chi connectivity index (χ1) is 17.0. The molecule has 180 valence electrons. The number of carboxylic acid groups (broad SMARTS) is 1. The summed E-state index contributed by atoms with van der Waals surface area (Å²) in [6.45, 7) is -0.802. The van der Waals surface area contributed by atoms with Crippen molar-refractivity contribution in [1.82, 2.24) is 15.2 Å². The highest BCUT2D eigenvalue weighted by molar-refractivity contribution is 5.95. The van der Waals surface area contributed by atoms with Crippen LogP contribution in [0.25, 0.3) is 11.1 Å². The van der Waals surface area contributed by atoms with Gasteiger partial charge in [-0.2, -0.15) is 0 Å². The highest BCUT2D eigenvalue weighted by atomic mass is 16.5. The highest BCUT2D eigenvalue weighted by Gasteiger charge is 2.29. The van der Waals surface area contributed by atoms with Gasteiger partial charge in [0.05, 0.1) is 18.8 Å². The summed E-state index contributed by atoms with van der Waals surface area (Å²) in [5.41, 5.74) is 5.12. The maximum absolute atomic E-state index is 12.6. The Hall–Kier alpha value is -4.24. The second kappa shape index (κ2) is 10.8. The Morgan fingerprint density at radius 1 is 1.00 bits per heavy atom. The average Bonchev–Trinajstić information content (AvgIpc) is 3.19. The van der Waals surface area contributed by atoms with Crippen LogP contribution in [0, 0.1) is 0 Å². The first-order valence-electron chi connectivity index (χ1n) is 11.1. The Morgan fingerprint density at radius 2 is 1.66 bits per heavy atom. The van der Waals surface area contributed by atoms with Gasteiger partial charge in [-0.3, -0.25) is 14.6 Å². The zero-order chi connectivity index (χ0) is 24.8. The van der Waals surface area contributed by atoms with Crippen LogP contribution in [-0.4, -0.2) is 64.4 Å². The third kappa shape index (κ3) is 5.47. The molecule has 1 aromatic heterocycles. The number of carboxylic acids is 1. The van der Waals surface area contributed by atoms with E-state index in [-0.39, 0.29) is 37.8 Å². The zero-order valence-corrected chi connectivity index (χ0v) is 18.9. The second-order valence-corrected chi connectivity index (χ2v) is 8.06. The van der Waals surface area contributed by atoms with Gasteiger partial charge in [-0.1, -0.05) is 48.5 Å². The largest absolute Gasteiger partial charge is 0.480 e. The number of hydrogen-bond acceptors (Lipinski definition) is 6. The van der Waals surface area contributed by atoms with Gasteiger partial charge in [-0.05, 0) is 34.4 Å². The van der Waals surface area contributed by atoms with E-state index in [4.69, 9.17) is 14.9 Å². The Labute approximate surface area is 202 Å². The summed E-state index contributed by atoms with van der Waals surface area (Å²) < 4.78 is 5.51. The molecule has 2 amide bonds. The van der Waals surface area contributed by atoms with Crippen molar-refractivity contribution in [2.75, 3.05) is 26.3 Å². The van der Waals surface area contributed by atoms with Crippen molar-refractivity contribution < 1.29 is 29.3 Å². The van der Waals surface area contributed by atoms with Gasteiger partial charge < -0.3 is 25.2 Å². The van der Waals surface area contributed by atoms with E-state index in [9.17, 15) is 14.4 Å². The molecule has 4 rings (SSSR count). The lowest BCUT2D eigenvalue weighted by Gasteiger charge is -2.19. The molecule has 9 heteroatoms. The fraction of sp³-hybridized carbons (Fsp3) is 0.231. The van der Waals surface area contributed by atoms with Gasteiger partial charge in [0.25, 0.3) is 5.91 Å². The number of fused-ring (bicyclic) bond motifs is 3. The van der Waals surface area contributed by atoms with Crippen molar-refractivity contribution >= 4 is 18.0 Å². The molecule has 0 saturated heterocycles. The predicted octanol–water partition coefficient (Wildman–Crippen LogP) is 2.64. The lowest BCUT2D eigenvalue weighted by molar-refractivity contribution is -0.137. The van der Waals surface area contributed by atoms with Crippen molar-refractivity contribution in [2.24, 2.45) is 0 Å². The van der Waals surface area contributed by atoms with Crippen LogP contribution >= 0.6 is 0 Å². The Balaban J connectivity index is 1.36. The molecule has 0 saturated carbocycles. The van der Waals surface area contributed by atoms with E-state index in [1.54, 1.807) is 0 Å². The van der Waals surface area contributed by atoms with Gasteiger partial charge >= 0.3 is 12.1 Å². The Bertz CT molecular complexity index is 1200. The predicted molar refractivity (Wildman–Crippen MR) is 127 cm³/mol. The minimum Gasteiger partial charge on any atom is -0.480 e. The third-order valence-corrected chi connectivity index (χ3v) is 5.80. The molecule has 1 aliphatic rings. The summed E-state index contributed by atoms with van der Waals surface area (Å²) in [4.78, 5) is 41.2. The highest BCUT2D eigenvalue weighted by Crippen LogP contribution is 2.44. The van der Waals surface area contributed by atoms with Gasteiger partial charge in [-0.15, -0.1) is 0 Å². The van der Waals surface area contributed by atoms with Gasteiger partial charge in [0.1, 0.15) is 13.2 Å². The molecule has 0 bridgehead atoms. The number of nitrogens with zero attached hydrogens (tertiary/aromatic N) is 2. The maximum atomic E-state index is 12.6. The lowest BCUT2D eigenvalue weighted by atomic mass is 9.98. The molecule has 3 N–H and O–H groups in total. The number of ether oxygens (including phenoxy) is 1. The van der Waals surface area contributed by atoms with E-state index >= 15 is 0 Å². The van der Waals surface area contributed by atoms with Crippen LogP contribution in [0.5, 0.6) is 0 Å². The molecule has 1 aliphatic carbocycles. The number of benzene rings is 2. The van der Waals surface area contributed by atoms with Crippen LogP contribution < -0.4 is 5.32 Å². The molecule has 0 unspecified atom stereocenters. The van der Waals surface area contributed by atoms with Crippen molar-refractivity contribution in [3.63, 3.8) is 0 Å². The maximum Gasteiger partial charge on any atom is 0.407 e. The van der Waals surface area contributed by atoms with Gasteiger partial charge in [0, 0.05) is 24.2 Å². The zero-order valence-electron chi connectivity index (χ0n) is 18.9. The number of carbonyl (C=O) groups is 3. The minimum atomic E-state index is -1.18. The van der Waals surface area contributed by atoms with Crippen molar-refractivity contribution in [3.8, 4) is 11.1 Å². The fourth-order valence-electron chi connectivity index (χ4n) is 4.24. The van der Waals surface area contributed by atoms with Crippen LogP contribution in [0.1, 0.15) is 33.1 Å². The molecule has 1 heterocycles. The number of aliphatic carboxylic acids is 1. The summed E-state index contributed by atoms with van der Waals surface area (Å²) in [6.07, 6.45) is 0.790. The second-order valence-electron chi connectivity index (χ2n) is 8.06. The van der Waals surface area contributed by atoms with Gasteiger partial charge in [0.2, 0.25) is 0 Å². The molecule has 0 atom stereocenters. The number of amides is 2. The molecule has 0 aliphatic heterocycles. The van der Waals surface area contributed by atoms with E-state index < -0.39 is 24.5 Å². The number of nitrogens with one attached hydrogen (secondary N) is 1. The third-order valence-electron chi connectivity index (χ3n) is 5.80.